The summed E-state index contributed by atoms with van der Waals surface area (Å²) in [5.41, 5.74) is 3.24. The Kier molecular flexibility index (Phi) is 6.68. The molecule has 0 unspecified atom stereocenters. The maximum Gasteiger partial charge on any atom is 0.409 e. The highest BCUT2D eigenvalue weighted by molar-refractivity contribution is 7.99. The van der Waals surface area contributed by atoms with Crippen LogP contribution in [0.3, 0.4) is 0 Å². The Morgan fingerprint density at radius 3 is 2.55 bits per heavy atom. The van der Waals surface area contributed by atoms with E-state index in [1.807, 2.05) is 32.0 Å². The Morgan fingerprint density at radius 2 is 1.85 bits per heavy atom. The summed E-state index contributed by atoms with van der Waals surface area (Å²) in [6.07, 6.45) is 1.15. The number of carbonyl (C=O) groups is 2. The second-order valence-electron chi connectivity index (χ2n) is 7.79. The Morgan fingerprint density at radius 1 is 1.12 bits per heavy atom. The number of amides is 2. The van der Waals surface area contributed by atoms with Crippen LogP contribution in [0.5, 0.6) is 0 Å². The molecule has 174 valence electrons. The summed E-state index contributed by atoms with van der Waals surface area (Å²) >= 11 is 1.18. The van der Waals surface area contributed by atoms with Crippen molar-refractivity contribution in [1.82, 2.24) is 29.5 Å². The second-order valence-corrected chi connectivity index (χ2v) is 8.75. The van der Waals surface area contributed by atoms with Crippen molar-refractivity contribution < 1.29 is 14.3 Å². The van der Waals surface area contributed by atoms with Gasteiger partial charge in [-0.2, -0.15) is 5.10 Å². The van der Waals surface area contributed by atoms with Crippen molar-refractivity contribution in [3.8, 4) is 5.69 Å². The molecule has 1 aliphatic heterocycles. The largest absolute Gasteiger partial charge is 0.450 e. The molecule has 33 heavy (non-hydrogen) atoms. The highest BCUT2D eigenvalue weighted by atomic mass is 32.2. The van der Waals surface area contributed by atoms with Crippen LogP contribution in [0, 0.1) is 13.8 Å². The van der Waals surface area contributed by atoms with Gasteiger partial charge in [0.2, 0.25) is 5.91 Å². The summed E-state index contributed by atoms with van der Waals surface area (Å²) in [5.74, 6) is 0.0555. The smallest absolute Gasteiger partial charge is 0.409 e. The van der Waals surface area contributed by atoms with Gasteiger partial charge < -0.3 is 19.5 Å². The van der Waals surface area contributed by atoms with Crippen LogP contribution < -0.4 is 5.56 Å². The number of rotatable bonds is 5. The molecule has 0 saturated carbocycles. The zero-order valence-electron chi connectivity index (χ0n) is 18.8. The topological polar surface area (TPSA) is 113 Å². The van der Waals surface area contributed by atoms with Gasteiger partial charge >= 0.3 is 6.09 Å². The van der Waals surface area contributed by atoms with Crippen LogP contribution in [0.2, 0.25) is 0 Å². The third-order valence-corrected chi connectivity index (χ3v) is 6.50. The lowest BCUT2D eigenvalue weighted by atomic mass is 10.1. The minimum Gasteiger partial charge on any atom is -0.450 e. The molecule has 1 saturated heterocycles. The van der Waals surface area contributed by atoms with E-state index in [2.05, 4.69) is 15.1 Å². The first-order valence-electron chi connectivity index (χ1n) is 10.8. The van der Waals surface area contributed by atoms with Gasteiger partial charge in [0.1, 0.15) is 5.39 Å². The predicted molar refractivity (Wildman–Crippen MR) is 125 cm³/mol. The van der Waals surface area contributed by atoms with Crippen molar-refractivity contribution in [2.45, 2.75) is 25.9 Å². The van der Waals surface area contributed by atoms with E-state index in [1.54, 1.807) is 21.4 Å². The lowest BCUT2D eigenvalue weighted by Crippen LogP contribution is -2.51. The SMILES string of the molecule is CCOC(=O)N1CCN(C(=O)CSc2nc3c(cnn3-c3ccc(C)c(C)c3)c(=O)[nH]2)CC1. The molecular formula is C22H26N6O4S. The van der Waals surface area contributed by atoms with Gasteiger partial charge in [-0.05, 0) is 44.0 Å². The van der Waals surface area contributed by atoms with E-state index >= 15 is 0 Å². The van der Waals surface area contributed by atoms with E-state index in [0.29, 0.717) is 49.0 Å². The molecular weight excluding hydrogens is 444 g/mol. The van der Waals surface area contributed by atoms with Crippen molar-refractivity contribution in [3.05, 3.63) is 45.9 Å². The van der Waals surface area contributed by atoms with E-state index in [4.69, 9.17) is 4.74 Å². The predicted octanol–water partition coefficient (Wildman–Crippen LogP) is 2.12. The normalized spacial score (nSPS) is 14.0. The van der Waals surface area contributed by atoms with Crippen LogP contribution in [0.15, 0.2) is 34.3 Å². The highest BCUT2D eigenvalue weighted by Gasteiger charge is 2.25. The maximum atomic E-state index is 12.7. The molecule has 11 heteroatoms. The number of aromatic nitrogens is 4. The standard InChI is InChI=1S/C22H26N6O4S/c1-4-32-22(31)27-9-7-26(8-10-27)18(29)13-33-21-24-19-17(20(30)25-21)12-23-28(19)16-6-5-14(2)15(3)11-16/h5-6,11-12H,4,7-10,13H2,1-3H3,(H,24,25,30). The molecule has 0 atom stereocenters. The second kappa shape index (κ2) is 9.65. The van der Waals surface area contributed by atoms with Gasteiger partial charge in [-0.3, -0.25) is 9.59 Å². The van der Waals surface area contributed by atoms with Gasteiger partial charge in [0, 0.05) is 26.2 Å². The summed E-state index contributed by atoms with van der Waals surface area (Å²) in [6, 6.07) is 5.93. The molecule has 0 bridgehead atoms. The number of benzene rings is 1. The third kappa shape index (κ3) is 4.87. The summed E-state index contributed by atoms with van der Waals surface area (Å²) in [6.45, 7) is 7.90. The minimum absolute atomic E-state index is 0.0751. The number of fused-ring (bicyclic) bond motifs is 1. The molecule has 1 N–H and O–H groups in total. The van der Waals surface area contributed by atoms with Crippen LogP contribution in [0.25, 0.3) is 16.7 Å². The number of thioether (sulfide) groups is 1. The summed E-state index contributed by atoms with van der Waals surface area (Å²) < 4.78 is 6.64. The Balaban J connectivity index is 1.45. The van der Waals surface area contributed by atoms with Gasteiger partial charge in [0.15, 0.2) is 10.8 Å². The Bertz CT molecular complexity index is 1250. The molecule has 2 amide bonds. The number of hydrogen-bond donors (Lipinski definition) is 1. The van der Waals surface area contributed by atoms with Crippen molar-refractivity contribution >= 4 is 34.8 Å². The van der Waals surface area contributed by atoms with Crippen LogP contribution in [-0.4, -0.2) is 80.1 Å². The molecule has 1 fully saturated rings. The molecule has 3 heterocycles. The number of aryl methyl sites for hydroxylation is 2. The Hall–Kier alpha value is -3.34. The molecule has 0 radical (unpaired) electrons. The fourth-order valence-electron chi connectivity index (χ4n) is 3.59. The summed E-state index contributed by atoms with van der Waals surface area (Å²) in [5, 5.41) is 5.09. The molecule has 2 aromatic heterocycles. The number of carbonyl (C=O) groups excluding carboxylic acids is 2. The molecule has 10 nitrogen and oxygen atoms in total. The third-order valence-electron chi connectivity index (χ3n) is 5.64. The summed E-state index contributed by atoms with van der Waals surface area (Å²) in [7, 11) is 0. The average molecular weight is 471 g/mol. The van der Waals surface area contributed by atoms with Crippen LogP contribution in [-0.2, 0) is 9.53 Å². The number of nitrogens with one attached hydrogen (secondary N) is 1. The van der Waals surface area contributed by atoms with Crippen molar-refractivity contribution in [2.75, 3.05) is 38.5 Å². The van der Waals surface area contributed by atoms with Gasteiger partial charge in [-0.25, -0.2) is 14.5 Å². The van der Waals surface area contributed by atoms with E-state index in [1.165, 1.54) is 23.5 Å². The lowest BCUT2D eigenvalue weighted by Gasteiger charge is -2.34. The van der Waals surface area contributed by atoms with Gasteiger partial charge in [0.25, 0.3) is 5.56 Å². The fourth-order valence-corrected chi connectivity index (χ4v) is 4.35. The molecule has 4 rings (SSSR count). The fraction of sp³-hybridized carbons (Fsp3) is 0.409. The number of piperazine rings is 1. The number of ether oxygens (including phenoxy) is 1. The molecule has 0 spiro atoms. The first kappa shape index (κ1) is 22.8. The quantitative estimate of drug-likeness (QED) is 0.449. The minimum atomic E-state index is -0.352. The first-order valence-corrected chi connectivity index (χ1v) is 11.7. The van der Waals surface area contributed by atoms with Crippen LogP contribution >= 0.6 is 11.8 Å². The highest BCUT2D eigenvalue weighted by Crippen LogP contribution is 2.20. The first-order chi connectivity index (χ1) is 15.9. The lowest BCUT2D eigenvalue weighted by molar-refractivity contribution is -0.129. The van der Waals surface area contributed by atoms with Crippen molar-refractivity contribution in [2.24, 2.45) is 0 Å². The van der Waals surface area contributed by atoms with Crippen molar-refractivity contribution in [1.29, 1.82) is 0 Å². The summed E-state index contributed by atoms with van der Waals surface area (Å²) in [4.78, 5) is 47.6. The zero-order valence-corrected chi connectivity index (χ0v) is 19.6. The van der Waals surface area contributed by atoms with E-state index in [0.717, 1.165) is 11.3 Å². The van der Waals surface area contributed by atoms with Crippen LogP contribution in [0.4, 0.5) is 4.79 Å². The van der Waals surface area contributed by atoms with Gasteiger partial charge in [0.05, 0.1) is 24.2 Å². The van der Waals surface area contributed by atoms with Crippen LogP contribution in [0.1, 0.15) is 18.1 Å². The molecule has 0 aliphatic carbocycles. The van der Waals surface area contributed by atoms with Gasteiger partial charge in [-0.15, -0.1) is 0 Å². The monoisotopic (exact) mass is 470 g/mol. The average Bonchev–Trinajstić information content (AvgIpc) is 3.24. The number of aromatic amines is 1. The molecule has 3 aromatic rings. The molecule has 1 aromatic carbocycles. The zero-order chi connectivity index (χ0) is 23.5. The maximum absolute atomic E-state index is 12.7. The number of H-pyrrole nitrogens is 1. The van der Waals surface area contributed by atoms with Gasteiger partial charge in [-0.1, -0.05) is 17.8 Å². The Labute approximate surface area is 194 Å². The molecule has 1 aliphatic rings. The van der Waals surface area contributed by atoms with Crippen molar-refractivity contribution in [3.63, 3.8) is 0 Å². The number of nitrogens with zero attached hydrogens (tertiary/aromatic N) is 5. The van der Waals surface area contributed by atoms with E-state index in [-0.39, 0.29) is 23.3 Å². The van der Waals surface area contributed by atoms with E-state index in [9.17, 15) is 14.4 Å². The number of hydrogen-bond acceptors (Lipinski definition) is 7. The van der Waals surface area contributed by atoms with E-state index < -0.39 is 0 Å².